The summed E-state index contributed by atoms with van der Waals surface area (Å²) >= 11 is 4.69. The highest BCUT2D eigenvalue weighted by atomic mass is 127. The molecule has 0 aliphatic rings. The fourth-order valence-corrected chi connectivity index (χ4v) is 0. The van der Waals surface area contributed by atoms with Crippen molar-refractivity contribution >= 4 is 45.2 Å². The number of hydrogen-bond donors (Lipinski definition) is 0. The monoisotopic (exact) mass is 340 g/mol. The van der Waals surface area contributed by atoms with Crippen LogP contribution in [0.1, 0.15) is 27.7 Å². The molecular weight excluding hydrogens is 326 g/mol. The van der Waals surface area contributed by atoms with Crippen LogP contribution >= 0.6 is 45.2 Å². The zero-order valence-electron chi connectivity index (χ0n) is 5.91. The summed E-state index contributed by atoms with van der Waals surface area (Å²) in [6.07, 6.45) is 0. The predicted molar refractivity (Wildman–Crippen MR) is 58.3 cm³/mol. The van der Waals surface area contributed by atoms with Crippen molar-refractivity contribution in [1.82, 2.24) is 0 Å². The van der Waals surface area contributed by atoms with E-state index >= 15 is 0 Å². The van der Waals surface area contributed by atoms with Gasteiger partial charge in [0.1, 0.15) is 0 Å². The normalized spacial score (nSPS) is 9.00. The van der Waals surface area contributed by atoms with Gasteiger partial charge in [-0.2, -0.15) is 0 Å². The van der Waals surface area contributed by atoms with Gasteiger partial charge in [0.25, 0.3) is 0 Å². The van der Waals surface area contributed by atoms with Gasteiger partial charge in [-0.05, 0) is 0 Å². The van der Waals surface area contributed by atoms with Gasteiger partial charge < -0.3 is 0 Å². The Bertz CT molecular complexity index is 22.0. The average Bonchev–Trinajstić information content (AvgIpc) is 1.25. The van der Waals surface area contributed by atoms with E-state index in [0.717, 1.165) is 7.85 Å². The summed E-state index contributed by atoms with van der Waals surface area (Å²) in [6, 6.07) is 0. The number of alkyl halides is 2. The molecule has 0 aromatic carbocycles. The van der Waals surface area contributed by atoms with E-state index in [2.05, 4.69) is 72.9 Å². The van der Waals surface area contributed by atoms with Crippen LogP contribution in [0.4, 0.5) is 0 Å². The Morgan fingerprint density at radius 3 is 0.750 bits per heavy atom. The minimum atomic E-state index is 0.803. The van der Waals surface area contributed by atoms with E-state index in [4.69, 9.17) is 0 Å². The first kappa shape index (κ1) is 12.2. The molecule has 0 spiro atoms. The molecule has 0 N–H and O–H groups in total. The van der Waals surface area contributed by atoms with Gasteiger partial charge >= 0.3 is 0 Å². The van der Waals surface area contributed by atoms with Gasteiger partial charge in [0.15, 0.2) is 0 Å². The van der Waals surface area contributed by atoms with Crippen molar-refractivity contribution < 1.29 is 0 Å². The maximum atomic E-state index is 2.34. The molecule has 0 unspecified atom stereocenters. The predicted octanol–water partition coefficient (Wildman–Crippen LogP) is 3.66. The van der Waals surface area contributed by atoms with Gasteiger partial charge in [0.2, 0.25) is 0 Å². The summed E-state index contributed by atoms with van der Waals surface area (Å²) < 4.78 is 1.61. The summed E-state index contributed by atoms with van der Waals surface area (Å²) in [5.74, 6) is 0. The van der Waals surface area contributed by atoms with Crippen LogP contribution in [-0.2, 0) is 0 Å². The molecule has 0 saturated carbocycles. The first-order chi connectivity index (χ1) is 3.46. The summed E-state index contributed by atoms with van der Waals surface area (Å²) in [7, 11) is 0. The second kappa shape index (κ2) is 8.46. The molecule has 0 aliphatic heterocycles. The smallest absolute Gasteiger partial charge is 0.00530 e. The summed E-state index contributed by atoms with van der Waals surface area (Å²) in [6.45, 7) is 8.61. The lowest BCUT2D eigenvalue weighted by atomic mass is 10.6. The Hall–Kier alpha value is 1.46. The first-order valence-corrected chi connectivity index (χ1v) is 5.24. The Kier molecular flexibility index (Phi) is 12.9. The van der Waals surface area contributed by atoms with E-state index in [1.54, 1.807) is 0 Å². The Morgan fingerprint density at radius 2 is 0.750 bits per heavy atom. The van der Waals surface area contributed by atoms with Crippen molar-refractivity contribution in [3.8, 4) is 0 Å². The molecule has 0 amide bonds. The van der Waals surface area contributed by atoms with Crippen LogP contribution in [0.25, 0.3) is 0 Å². The van der Waals surface area contributed by atoms with E-state index in [9.17, 15) is 0 Å². The molecule has 0 aromatic heterocycles. The van der Waals surface area contributed by atoms with Crippen molar-refractivity contribution in [2.45, 2.75) is 35.5 Å². The van der Waals surface area contributed by atoms with Crippen molar-refractivity contribution in [2.75, 3.05) is 0 Å². The summed E-state index contributed by atoms with van der Waals surface area (Å²) in [4.78, 5) is 0. The minimum absolute atomic E-state index is 0.803. The molecule has 0 nitrogen and oxygen atoms in total. The number of hydrogen-bond acceptors (Lipinski definition) is 0. The summed E-state index contributed by atoms with van der Waals surface area (Å²) in [5.41, 5.74) is 0. The van der Waals surface area contributed by atoms with Gasteiger partial charge in [-0.25, -0.2) is 0 Å². The van der Waals surface area contributed by atoms with Crippen LogP contribution in [0.5, 0.6) is 0 Å². The van der Waals surface area contributed by atoms with E-state index in [-0.39, 0.29) is 0 Å². The average molecular weight is 340 g/mol. The lowest BCUT2D eigenvalue weighted by Gasteiger charge is -1.76. The minimum Gasteiger partial charge on any atom is -0.0832 e. The van der Waals surface area contributed by atoms with Crippen molar-refractivity contribution in [1.29, 1.82) is 0 Å². The van der Waals surface area contributed by atoms with Crippen molar-refractivity contribution in [3.63, 3.8) is 0 Å². The van der Waals surface area contributed by atoms with Gasteiger partial charge in [0.05, 0.1) is 0 Å². The Labute approximate surface area is 80.1 Å². The summed E-state index contributed by atoms with van der Waals surface area (Å²) in [5, 5.41) is 0. The zero-order chi connectivity index (χ0) is 7.15. The molecule has 0 saturated heterocycles. The lowest BCUT2D eigenvalue weighted by Crippen LogP contribution is -1.69. The third kappa shape index (κ3) is 146. The van der Waals surface area contributed by atoms with E-state index < -0.39 is 0 Å². The highest BCUT2D eigenvalue weighted by Crippen LogP contribution is 1.91. The van der Waals surface area contributed by atoms with Crippen molar-refractivity contribution in [3.05, 3.63) is 0 Å². The molecular formula is C6H14I2. The van der Waals surface area contributed by atoms with Crippen LogP contribution in [0.15, 0.2) is 0 Å². The molecule has 0 bridgehead atoms. The molecule has 8 heavy (non-hydrogen) atoms. The topological polar surface area (TPSA) is 0 Å². The maximum Gasteiger partial charge on any atom is 0.00530 e. The fourth-order valence-electron chi connectivity index (χ4n) is 0. The molecule has 0 rings (SSSR count). The molecule has 52 valence electrons. The van der Waals surface area contributed by atoms with Crippen LogP contribution < -0.4 is 0 Å². The number of halogens is 2. The second-order valence-corrected chi connectivity index (χ2v) is 7.01. The SMILES string of the molecule is CC(C)I.CC(C)I. The van der Waals surface area contributed by atoms with Crippen molar-refractivity contribution in [2.24, 2.45) is 0 Å². The zero-order valence-corrected chi connectivity index (χ0v) is 10.2. The van der Waals surface area contributed by atoms with E-state index in [1.807, 2.05) is 0 Å². The molecule has 0 atom stereocenters. The van der Waals surface area contributed by atoms with Crippen LogP contribution in [0.2, 0.25) is 0 Å². The largest absolute Gasteiger partial charge is 0.0832 e. The van der Waals surface area contributed by atoms with Gasteiger partial charge in [-0.1, -0.05) is 72.9 Å². The molecule has 0 aliphatic carbocycles. The van der Waals surface area contributed by atoms with Gasteiger partial charge in [0, 0.05) is 7.85 Å². The first-order valence-electron chi connectivity index (χ1n) is 2.75. The Balaban J connectivity index is 0. The van der Waals surface area contributed by atoms with Gasteiger partial charge in [-0.15, -0.1) is 0 Å². The third-order valence-corrected chi connectivity index (χ3v) is 0. The number of rotatable bonds is 0. The standard InChI is InChI=1S/2C3H7I/c2*1-3(2)4/h2*3H,1-2H3. The molecule has 0 fully saturated rings. The van der Waals surface area contributed by atoms with Crippen LogP contribution in [-0.4, -0.2) is 7.85 Å². The quantitative estimate of drug-likeness (QED) is 0.466. The fraction of sp³-hybridized carbons (Fsp3) is 1.00. The maximum absolute atomic E-state index is 2.34. The molecule has 0 aromatic rings. The Morgan fingerprint density at radius 1 is 0.750 bits per heavy atom. The third-order valence-electron chi connectivity index (χ3n) is 0. The van der Waals surface area contributed by atoms with Crippen LogP contribution in [0, 0.1) is 0 Å². The van der Waals surface area contributed by atoms with Gasteiger partial charge in [-0.3, -0.25) is 0 Å². The highest BCUT2D eigenvalue weighted by Gasteiger charge is 1.71. The molecule has 2 heteroatoms. The highest BCUT2D eigenvalue weighted by molar-refractivity contribution is 14.1. The van der Waals surface area contributed by atoms with E-state index in [1.165, 1.54) is 0 Å². The molecule has 0 radical (unpaired) electrons. The van der Waals surface area contributed by atoms with E-state index in [0.29, 0.717) is 0 Å². The lowest BCUT2D eigenvalue weighted by molar-refractivity contribution is 1.16. The molecule has 0 heterocycles. The second-order valence-electron chi connectivity index (χ2n) is 2.03. The van der Waals surface area contributed by atoms with Crippen LogP contribution in [0.3, 0.4) is 0 Å².